The van der Waals surface area contributed by atoms with Crippen LogP contribution >= 0.6 is 11.6 Å². The van der Waals surface area contributed by atoms with Crippen LogP contribution < -0.4 is 4.74 Å². The molecule has 5 rings (SSSR count). The van der Waals surface area contributed by atoms with Crippen LogP contribution in [-0.2, 0) is 17.5 Å². The molecular weight excluding hydrogens is 615 g/mol. The number of likely N-dealkylation sites (tertiary alicyclic amines) is 1. The molecule has 2 aromatic heterocycles. The Labute approximate surface area is 261 Å². The number of alkyl halides is 3. The first kappa shape index (κ1) is 31.8. The van der Waals surface area contributed by atoms with Crippen molar-refractivity contribution in [2.24, 2.45) is 0 Å². The van der Waals surface area contributed by atoms with Crippen LogP contribution in [0.2, 0.25) is 5.02 Å². The van der Waals surface area contributed by atoms with E-state index in [2.05, 4.69) is 15.1 Å². The molecule has 3 heterocycles. The summed E-state index contributed by atoms with van der Waals surface area (Å²) in [6, 6.07) is 14.3. The number of nitrogens with zero attached hydrogens (tertiary/aromatic N) is 5. The van der Waals surface area contributed by atoms with Crippen molar-refractivity contribution in [1.29, 1.82) is 0 Å². The normalized spacial score (nSPS) is 14.1. The molecule has 1 amide bonds. The number of hydrogen-bond donors (Lipinski definition) is 1. The van der Waals surface area contributed by atoms with Gasteiger partial charge in [-0.15, -0.1) is 0 Å². The van der Waals surface area contributed by atoms with Gasteiger partial charge in [0.05, 0.1) is 23.0 Å². The van der Waals surface area contributed by atoms with Crippen LogP contribution in [0.15, 0.2) is 60.9 Å². The van der Waals surface area contributed by atoms with Crippen LogP contribution in [0.5, 0.6) is 5.75 Å². The van der Waals surface area contributed by atoms with E-state index in [-0.39, 0.29) is 35.3 Å². The summed E-state index contributed by atoms with van der Waals surface area (Å²) >= 11 is 6.48. The topological polar surface area (TPSA) is 120 Å². The number of ether oxygens (including phenoxy) is 2. The molecule has 1 saturated heterocycles. The van der Waals surface area contributed by atoms with Gasteiger partial charge in [-0.1, -0.05) is 41.9 Å². The summed E-state index contributed by atoms with van der Waals surface area (Å²) in [6.45, 7) is 5.05. The second kappa shape index (κ2) is 13.1. The van der Waals surface area contributed by atoms with Gasteiger partial charge in [-0.2, -0.15) is 23.0 Å². The van der Waals surface area contributed by atoms with Crippen LogP contribution in [0.1, 0.15) is 59.8 Å². The van der Waals surface area contributed by atoms with Gasteiger partial charge in [0.2, 0.25) is 0 Å². The molecule has 14 heteroatoms. The third kappa shape index (κ3) is 7.19. The molecule has 236 valence electrons. The first-order valence-corrected chi connectivity index (χ1v) is 14.5. The summed E-state index contributed by atoms with van der Waals surface area (Å²) in [4.78, 5) is 33.4. The monoisotopic (exact) mass is 643 g/mol. The minimum Gasteiger partial charge on any atom is -0.487 e. The molecule has 0 saturated carbocycles. The van der Waals surface area contributed by atoms with Gasteiger partial charge in [-0.25, -0.2) is 19.6 Å². The van der Waals surface area contributed by atoms with Crippen LogP contribution in [0, 0.1) is 0 Å². The third-order valence-electron chi connectivity index (χ3n) is 7.27. The van der Waals surface area contributed by atoms with Gasteiger partial charge in [0.1, 0.15) is 17.9 Å². The van der Waals surface area contributed by atoms with Gasteiger partial charge < -0.3 is 19.5 Å². The molecule has 1 aliphatic rings. The van der Waals surface area contributed by atoms with E-state index in [1.807, 2.05) is 38.1 Å². The first-order valence-electron chi connectivity index (χ1n) is 14.1. The van der Waals surface area contributed by atoms with E-state index in [0.717, 1.165) is 24.0 Å². The maximum absolute atomic E-state index is 13.8. The Hall–Kier alpha value is -4.65. The average Bonchev–Trinajstić information content (AvgIpc) is 3.48. The van der Waals surface area contributed by atoms with Crippen molar-refractivity contribution in [2.45, 2.75) is 51.5 Å². The molecule has 45 heavy (non-hydrogen) atoms. The van der Waals surface area contributed by atoms with E-state index in [0.29, 0.717) is 35.4 Å². The molecule has 0 radical (unpaired) electrons. The standard InChI is InChI=1S/C31H29ClF3N5O5/c1-18(2)45-30(43)39-14-11-21(12-15-39)20-8-6-19(7-9-20)17-44-26-22(4-3-5-24(26)32)25-10-13-36-29(38-25)40-27(31(33,34)35)23(16-37-40)28(41)42/h3-10,13,16,18,21H,11-12,14-15,17H2,1-2H3,(H,41,42). The Balaban J connectivity index is 1.31. The number of amides is 1. The molecule has 0 aliphatic carbocycles. The number of carbonyl (C=O) groups excluding carboxylic acids is 1. The number of aromatic nitrogens is 4. The van der Waals surface area contributed by atoms with E-state index in [1.54, 1.807) is 23.1 Å². The maximum Gasteiger partial charge on any atom is 0.434 e. The number of aromatic carboxylic acids is 1. The van der Waals surface area contributed by atoms with Gasteiger partial charge in [-0.05, 0) is 61.9 Å². The summed E-state index contributed by atoms with van der Waals surface area (Å²) in [7, 11) is 0. The van der Waals surface area contributed by atoms with Crippen LogP contribution in [0.25, 0.3) is 17.2 Å². The minimum atomic E-state index is -5.03. The van der Waals surface area contributed by atoms with Gasteiger partial charge in [0.15, 0.2) is 5.69 Å². The van der Waals surface area contributed by atoms with E-state index in [9.17, 15) is 27.9 Å². The molecule has 0 atom stereocenters. The van der Waals surface area contributed by atoms with Crippen LogP contribution in [0.3, 0.4) is 0 Å². The molecule has 1 N–H and O–H groups in total. The Morgan fingerprint density at radius 2 is 1.80 bits per heavy atom. The van der Waals surface area contributed by atoms with E-state index in [1.165, 1.54) is 12.3 Å². The summed E-state index contributed by atoms with van der Waals surface area (Å²) in [5.74, 6) is -1.69. The van der Waals surface area contributed by atoms with Gasteiger partial charge >= 0.3 is 18.2 Å². The molecule has 0 unspecified atom stereocenters. The Kier molecular flexibility index (Phi) is 9.28. The SMILES string of the molecule is CC(C)OC(=O)N1CCC(c2ccc(COc3c(Cl)cccc3-c3ccnc(-n4ncc(C(=O)O)c4C(F)(F)F)n3)cc2)CC1. The predicted octanol–water partition coefficient (Wildman–Crippen LogP) is 7.00. The largest absolute Gasteiger partial charge is 0.487 e. The number of piperidine rings is 1. The lowest BCUT2D eigenvalue weighted by Gasteiger charge is -2.32. The van der Waals surface area contributed by atoms with Crippen molar-refractivity contribution in [1.82, 2.24) is 24.6 Å². The second-order valence-corrected chi connectivity index (χ2v) is 11.1. The molecular formula is C31H29ClF3N5O5. The van der Waals surface area contributed by atoms with Crippen LogP contribution in [-0.4, -0.2) is 61.0 Å². The highest BCUT2D eigenvalue weighted by Gasteiger charge is 2.41. The summed E-state index contributed by atoms with van der Waals surface area (Å²) < 4.78 is 53.0. The lowest BCUT2D eigenvalue weighted by Crippen LogP contribution is -2.39. The molecule has 1 aliphatic heterocycles. The summed E-state index contributed by atoms with van der Waals surface area (Å²) in [5, 5.41) is 13.1. The molecule has 0 bridgehead atoms. The number of halogens is 4. The number of para-hydroxylation sites is 1. The highest BCUT2D eigenvalue weighted by molar-refractivity contribution is 6.32. The quantitative estimate of drug-likeness (QED) is 0.218. The molecule has 0 spiro atoms. The minimum absolute atomic E-state index is 0.147. The molecule has 2 aromatic carbocycles. The zero-order valence-corrected chi connectivity index (χ0v) is 25.0. The smallest absolute Gasteiger partial charge is 0.434 e. The van der Waals surface area contributed by atoms with Gasteiger partial charge in [0.25, 0.3) is 5.95 Å². The van der Waals surface area contributed by atoms with Gasteiger partial charge in [-0.3, -0.25) is 0 Å². The number of benzene rings is 2. The third-order valence-corrected chi connectivity index (χ3v) is 7.56. The lowest BCUT2D eigenvalue weighted by atomic mass is 9.89. The Bertz CT molecular complexity index is 1690. The highest BCUT2D eigenvalue weighted by atomic mass is 35.5. The number of carbonyl (C=O) groups is 2. The van der Waals surface area contributed by atoms with Crippen molar-refractivity contribution in [3.63, 3.8) is 0 Å². The van der Waals surface area contributed by atoms with Crippen molar-refractivity contribution in [2.75, 3.05) is 13.1 Å². The highest BCUT2D eigenvalue weighted by Crippen LogP contribution is 2.37. The maximum atomic E-state index is 13.8. The summed E-state index contributed by atoms with van der Waals surface area (Å²) in [6.07, 6.45) is -1.97. The molecule has 1 fully saturated rings. The fraction of sp³-hybridized carbons (Fsp3) is 0.323. The zero-order valence-electron chi connectivity index (χ0n) is 24.3. The zero-order chi connectivity index (χ0) is 32.3. The van der Waals surface area contributed by atoms with E-state index < -0.39 is 29.4 Å². The first-order chi connectivity index (χ1) is 21.4. The van der Waals surface area contributed by atoms with Crippen molar-refractivity contribution in [3.05, 3.63) is 88.3 Å². The Morgan fingerprint density at radius 1 is 1.09 bits per heavy atom. The second-order valence-electron chi connectivity index (χ2n) is 10.7. The van der Waals surface area contributed by atoms with E-state index >= 15 is 0 Å². The molecule has 10 nitrogen and oxygen atoms in total. The summed E-state index contributed by atoms with van der Waals surface area (Å²) in [5.41, 5.74) is 0.0779. The van der Waals surface area contributed by atoms with E-state index in [4.69, 9.17) is 21.1 Å². The Morgan fingerprint density at radius 3 is 2.44 bits per heavy atom. The number of carboxylic acids is 1. The number of hydrogen-bond acceptors (Lipinski definition) is 7. The van der Waals surface area contributed by atoms with Crippen LogP contribution in [0.4, 0.5) is 18.0 Å². The number of carboxylic acid groups (broad SMARTS) is 1. The fourth-order valence-corrected chi connectivity index (χ4v) is 5.33. The fourth-order valence-electron chi connectivity index (χ4n) is 5.10. The lowest BCUT2D eigenvalue weighted by molar-refractivity contribution is -0.143. The average molecular weight is 644 g/mol. The van der Waals surface area contributed by atoms with Crippen molar-refractivity contribution < 1.29 is 37.3 Å². The predicted molar refractivity (Wildman–Crippen MR) is 158 cm³/mol. The molecule has 4 aromatic rings. The van der Waals surface area contributed by atoms with Gasteiger partial charge in [0, 0.05) is 24.8 Å². The van der Waals surface area contributed by atoms with Crippen molar-refractivity contribution in [3.8, 4) is 23.0 Å². The van der Waals surface area contributed by atoms with Crippen molar-refractivity contribution >= 4 is 23.7 Å². The number of rotatable bonds is 8.